The Bertz CT molecular complexity index is 858. The van der Waals surface area contributed by atoms with Crippen molar-refractivity contribution < 1.29 is 9.26 Å². The fourth-order valence-electron chi connectivity index (χ4n) is 3.82. The van der Waals surface area contributed by atoms with Crippen molar-refractivity contribution in [3.63, 3.8) is 0 Å². The van der Waals surface area contributed by atoms with Gasteiger partial charge in [-0.3, -0.25) is 4.90 Å². The lowest BCUT2D eigenvalue weighted by atomic mass is 10.1. The van der Waals surface area contributed by atoms with Crippen molar-refractivity contribution in [2.24, 2.45) is 0 Å². The lowest BCUT2D eigenvalue weighted by molar-refractivity contribution is -0.0548. The van der Waals surface area contributed by atoms with Crippen molar-refractivity contribution in [2.75, 3.05) is 19.7 Å². The van der Waals surface area contributed by atoms with Gasteiger partial charge >= 0.3 is 0 Å². The van der Waals surface area contributed by atoms with Gasteiger partial charge in [-0.05, 0) is 43.7 Å². The zero-order valence-corrected chi connectivity index (χ0v) is 13.9. The number of fused-ring (bicyclic) bond motifs is 1. The molecule has 4 heterocycles. The van der Waals surface area contributed by atoms with Crippen LogP contribution >= 0.6 is 0 Å². The third kappa shape index (κ3) is 2.67. The molecule has 0 spiro atoms. The van der Waals surface area contributed by atoms with E-state index in [0.29, 0.717) is 17.8 Å². The summed E-state index contributed by atoms with van der Waals surface area (Å²) in [5.41, 5.74) is 1.94. The van der Waals surface area contributed by atoms with Gasteiger partial charge in [0.25, 0.3) is 5.89 Å². The van der Waals surface area contributed by atoms with E-state index in [2.05, 4.69) is 15.0 Å². The smallest absolute Gasteiger partial charge is 0.260 e. The van der Waals surface area contributed by atoms with E-state index >= 15 is 0 Å². The molecule has 25 heavy (non-hydrogen) atoms. The summed E-state index contributed by atoms with van der Waals surface area (Å²) in [5.74, 6) is 1.18. The van der Waals surface area contributed by atoms with Gasteiger partial charge in [-0.15, -0.1) is 0 Å². The quantitative estimate of drug-likeness (QED) is 0.736. The van der Waals surface area contributed by atoms with Gasteiger partial charge < -0.3 is 13.8 Å². The molecule has 2 atom stereocenters. The molecule has 0 N–H and O–H groups in total. The van der Waals surface area contributed by atoms with Crippen molar-refractivity contribution in [1.29, 1.82) is 0 Å². The first-order valence-electron chi connectivity index (χ1n) is 8.80. The van der Waals surface area contributed by atoms with Gasteiger partial charge in [-0.2, -0.15) is 4.98 Å². The fourth-order valence-corrected chi connectivity index (χ4v) is 3.82. The zero-order valence-electron chi connectivity index (χ0n) is 13.9. The number of morpholine rings is 1. The molecule has 0 unspecified atom stereocenters. The van der Waals surface area contributed by atoms with Gasteiger partial charge in [0.2, 0.25) is 5.82 Å². The lowest BCUT2D eigenvalue weighted by Gasteiger charge is -2.33. The van der Waals surface area contributed by atoms with E-state index in [0.717, 1.165) is 30.9 Å². The Kier molecular flexibility index (Phi) is 3.64. The number of rotatable bonds is 3. The molecule has 2 aliphatic heterocycles. The van der Waals surface area contributed by atoms with Crippen molar-refractivity contribution in [2.45, 2.75) is 25.0 Å². The maximum absolute atomic E-state index is 6.00. The number of aromatic nitrogens is 3. The second-order valence-corrected chi connectivity index (χ2v) is 6.68. The molecule has 1 aromatic carbocycles. The van der Waals surface area contributed by atoms with Crippen LogP contribution in [-0.2, 0) is 4.74 Å². The molecule has 0 radical (unpaired) electrons. The predicted molar refractivity (Wildman–Crippen MR) is 92.3 cm³/mol. The Labute approximate surface area is 146 Å². The van der Waals surface area contributed by atoms with E-state index < -0.39 is 0 Å². The molecule has 128 valence electrons. The van der Waals surface area contributed by atoms with Gasteiger partial charge in [0.15, 0.2) is 0 Å². The second-order valence-electron chi connectivity index (χ2n) is 6.68. The Morgan fingerprint density at radius 3 is 2.88 bits per heavy atom. The second kappa shape index (κ2) is 6.13. The normalized spacial score (nSPS) is 23.7. The molecule has 2 aromatic heterocycles. The lowest BCUT2D eigenvalue weighted by Crippen LogP contribution is -2.42. The SMILES string of the molecule is c1ccc(-n2cccc2)c(-c2nc([C@H]3CN4CCC[C@H]4CO3)no2)c1. The first kappa shape index (κ1) is 14.9. The number of hydrogen-bond donors (Lipinski definition) is 0. The first-order chi connectivity index (χ1) is 12.4. The molecule has 5 rings (SSSR count). The maximum Gasteiger partial charge on any atom is 0.260 e. The monoisotopic (exact) mass is 336 g/mol. The largest absolute Gasteiger partial charge is 0.367 e. The van der Waals surface area contributed by atoms with Crippen molar-refractivity contribution in [3.05, 3.63) is 54.6 Å². The van der Waals surface area contributed by atoms with Crippen LogP contribution in [0.3, 0.4) is 0 Å². The molecule has 6 heteroatoms. The molecular weight excluding hydrogens is 316 g/mol. The molecule has 2 fully saturated rings. The summed E-state index contributed by atoms with van der Waals surface area (Å²) < 4.78 is 13.6. The fraction of sp³-hybridized carbons (Fsp3) is 0.368. The maximum atomic E-state index is 6.00. The molecule has 0 saturated carbocycles. The molecule has 2 aliphatic rings. The summed E-state index contributed by atoms with van der Waals surface area (Å²) in [4.78, 5) is 7.13. The standard InChI is InChI=1S/C19H20N4O2/c1-2-8-16(22-9-3-4-10-22)15(7-1)19-20-18(21-25-19)17-12-23-11-5-6-14(23)13-24-17/h1-4,7-10,14,17H,5-6,11-13H2/t14-,17+/m0/s1. The van der Waals surface area contributed by atoms with E-state index in [-0.39, 0.29) is 6.10 Å². The van der Waals surface area contributed by atoms with Crippen LogP contribution in [0, 0.1) is 0 Å². The number of nitrogens with zero attached hydrogens (tertiary/aromatic N) is 4. The highest BCUT2D eigenvalue weighted by Crippen LogP contribution is 2.31. The summed E-state index contributed by atoms with van der Waals surface area (Å²) >= 11 is 0. The minimum Gasteiger partial charge on any atom is -0.367 e. The Morgan fingerprint density at radius 2 is 1.96 bits per heavy atom. The molecule has 6 nitrogen and oxygen atoms in total. The molecule has 0 bridgehead atoms. The van der Waals surface area contributed by atoms with Crippen LogP contribution in [0.1, 0.15) is 24.8 Å². The van der Waals surface area contributed by atoms with Gasteiger partial charge in [0.1, 0.15) is 6.10 Å². The molecular formula is C19H20N4O2. The number of benzene rings is 1. The summed E-state index contributed by atoms with van der Waals surface area (Å²) in [6, 6.07) is 12.6. The van der Waals surface area contributed by atoms with Crippen LogP contribution in [0.15, 0.2) is 53.3 Å². The van der Waals surface area contributed by atoms with Gasteiger partial charge in [-0.25, -0.2) is 0 Å². The molecule has 0 amide bonds. The Morgan fingerprint density at radius 1 is 1.08 bits per heavy atom. The summed E-state index contributed by atoms with van der Waals surface area (Å²) in [5, 5.41) is 4.21. The number of ether oxygens (including phenoxy) is 1. The average molecular weight is 336 g/mol. The van der Waals surface area contributed by atoms with Crippen molar-refractivity contribution >= 4 is 0 Å². The van der Waals surface area contributed by atoms with Crippen LogP contribution in [0.5, 0.6) is 0 Å². The Balaban J connectivity index is 1.44. The van der Waals surface area contributed by atoms with Crippen LogP contribution in [0.2, 0.25) is 0 Å². The highest BCUT2D eigenvalue weighted by molar-refractivity contribution is 5.66. The number of hydrogen-bond acceptors (Lipinski definition) is 5. The van der Waals surface area contributed by atoms with Gasteiger partial charge in [0, 0.05) is 25.0 Å². The molecule has 3 aromatic rings. The number of para-hydroxylation sites is 1. The topological polar surface area (TPSA) is 56.3 Å². The van der Waals surface area contributed by atoms with E-state index in [4.69, 9.17) is 9.26 Å². The average Bonchev–Trinajstić information content (AvgIpc) is 3.42. The van der Waals surface area contributed by atoms with E-state index in [1.807, 2.05) is 53.4 Å². The molecule has 2 saturated heterocycles. The summed E-state index contributed by atoms with van der Waals surface area (Å²) in [6.07, 6.45) is 6.39. The van der Waals surface area contributed by atoms with Crippen molar-refractivity contribution in [1.82, 2.24) is 19.6 Å². The van der Waals surface area contributed by atoms with E-state index in [1.54, 1.807) is 0 Å². The predicted octanol–water partition coefficient (Wildman–Crippen LogP) is 3.06. The highest BCUT2D eigenvalue weighted by Gasteiger charge is 2.35. The minimum absolute atomic E-state index is 0.106. The van der Waals surface area contributed by atoms with Crippen LogP contribution in [0.25, 0.3) is 17.1 Å². The van der Waals surface area contributed by atoms with Crippen LogP contribution in [0.4, 0.5) is 0 Å². The van der Waals surface area contributed by atoms with Crippen molar-refractivity contribution in [3.8, 4) is 17.1 Å². The van der Waals surface area contributed by atoms with E-state index in [9.17, 15) is 0 Å². The Hall–Kier alpha value is -2.44. The molecule has 0 aliphatic carbocycles. The third-order valence-electron chi connectivity index (χ3n) is 5.14. The highest BCUT2D eigenvalue weighted by atomic mass is 16.5. The third-order valence-corrected chi connectivity index (χ3v) is 5.14. The first-order valence-corrected chi connectivity index (χ1v) is 8.80. The van der Waals surface area contributed by atoms with Gasteiger partial charge in [-0.1, -0.05) is 17.3 Å². The zero-order chi connectivity index (χ0) is 16.6. The van der Waals surface area contributed by atoms with E-state index in [1.165, 1.54) is 12.8 Å². The van der Waals surface area contributed by atoms with Crippen LogP contribution < -0.4 is 0 Å². The van der Waals surface area contributed by atoms with Crippen LogP contribution in [-0.4, -0.2) is 45.3 Å². The van der Waals surface area contributed by atoms with Gasteiger partial charge in [0.05, 0.1) is 17.9 Å². The summed E-state index contributed by atoms with van der Waals surface area (Å²) in [7, 11) is 0. The minimum atomic E-state index is -0.106. The summed E-state index contributed by atoms with van der Waals surface area (Å²) in [6.45, 7) is 2.75.